The summed E-state index contributed by atoms with van der Waals surface area (Å²) in [5.74, 6) is 1.34. The zero-order valence-electron chi connectivity index (χ0n) is 12.0. The number of nitrogens with one attached hydrogen (secondary N) is 2. The molecule has 1 amide bonds. The third-order valence-electron chi connectivity index (χ3n) is 2.59. The molecule has 1 aromatic rings. The van der Waals surface area contributed by atoms with Gasteiger partial charge in [0.05, 0.1) is 13.2 Å². The molecule has 108 valence electrons. The molecule has 0 fully saturated rings. The number of carbonyl (C=O) groups excluding carboxylic acids is 1. The minimum absolute atomic E-state index is 0.0184. The van der Waals surface area contributed by atoms with Crippen LogP contribution in [0.15, 0.2) is 12.4 Å². The first-order valence-corrected chi connectivity index (χ1v) is 6.59. The Balaban J connectivity index is 2.37. The van der Waals surface area contributed by atoms with Crippen molar-refractivity contribution in [2.24, 2.45) is 5.92 Å². The predicted molar refractivity (Wildman–Crippen MR) is 73.7 cm³/mol. The highest BCUT2D eigenvalue weighted by Gasteiger charge is 2.07. The molecule has 19 heavy (non-hydrogen) atoms. The highest BCUT2D eigenvalue weighted by Crippen LogP contribution is 1.97. The van der Waals surface area contributed by atoms with Crippen LogP contribution in [-0.2, 0) is 22.6 Å². The maximum Gasteiger partial charge on any atom is 0.239 e. The second kappa shape index (κ2) is 8.66. The van der Waals surface area contributed by atoms with Crippen molar-refractivity contribution in [3.63, 3.8) is 0 Å². The Kier molecular flexibility index (Phi) is 7.14. The lowest BCUT2D eigenvalue weighted by molar-refractivity contribution is -0.121. The molecule has 1 rings (SSSR count). The van der Waals surface area contributed by atoms with Crippen molar-refractivity contribution in [3.05, 3.63) is 18.2 Å². The molecule has 2 N–H and O–H groups in total. The first-order valence-electron chi connectivity index (χ1n) is 6.59. The molecule has 6 nitrogen and oxygen atoms in total. The average molecular weight is 268 g/mol. The first kappa shape index (κ1) is 15.7. The Labute approximate surface area is 114 Å². The van der Waals surface area contributed by atoms with Crippen molar-refractivity contribution in [2.75, 3.05) is 26.8 Å². The van der Waals surface area contributed by atoms with Crippen LogP contribution in [0.5, 0.6) is 0 Å². The van der Waals surface area contributed by atoms with E-state index in [2.05, 4.69) is 29.5 Å². The van der Waals surface area contributed by atoms with Gasteiger partial charge in [0.25, 0.3) is 0 Å². The van der Waals surface area contributed by atoms with Gasteiger partial charge in [0, 0.05) is 32.6 Å². The van der Waals surface area contributed by atoms with E-state index in [9.17, 15) is 4.79 Å². The van der Waals surface area contributed by atoms with E-state index in [1.54, 1.807) is 13.3 Å². The molecule has 0 aliphatic heterocycles. The molecular weight excluding hydrogens is 244 g/mol. The maximum atomic E-state index is 11.7. The minimum Gasteiger partial charge on any atom is -0.383 e. The number of amides is 1. The Hall–Kier alpha value is -1.40. The standard InChI is InChI=1S/C13H24N4O2/c1-11(2)8-16-13(18)10-17-6-4-15-12(17)9-14-5-7-19-3/h4,6,11,14H,5,7-10H2,1-3H3,(H,16,18). The summed E-state index contributed by atoms with van der Waals surface area (Å²) in [4.78, 5) is 16.0. The number of hydrogen-bond acceptors (Lipinski definition) is 4. The van der Waals surface area contributed by atoms with Gasteiger partial charge in [0.2, 0.25) is 5.91 Å². The van der Waals surface area contributed by atoms with Gasteiger partial charge in [-0.2, -0.15) is 0 Å². The van der Waals surface area contributed by atoms with Crippen molar-refractivity contribution < 1.29 is 9.53 Å². The fourth-order valence-electron chi connectivity index (χ4n) is 1.55. The van der Waals surface area contributed by atoms with E-state index in [1.165, 1.54) is 0 Å². The maximum absolute atomic E-state index is 11.7. The van der Waals surface area contributed by atoms with Crippen LogP contribution in [-0.4, -0.2) is 42.3 Å². The van der Waals surface area contributed by atoms with Crippen molar-refractivity contribution in [1.82, 2.24) is 20.2 Å². The van der Waals surface area contributed by atoms with Crippen LogP contribution in [0, 0.1) is 5.92 Å². The quantitative estimate of drug-likeness (QED) is 0.636. The minimum atomic E-state index is 0.0184. The van der Waals surface area contributed by atoms with E-state index in [-0.39, 0.29) is 5.91 Å². The van der Waals surface area contributed by atoms with Crippen LogP contribution >= 0.6 is 0 Å². The lowest BCUT2D eigenvalue weighted by Crippen LogP contribution is -2.31. The van der Waals surface area contributed by atoms with E-state index >= 15 is 0 Å². The molecule has 0 saturated carbocycles. The SMILES string of the molecule is COCCNCc1nccn1CC(=O)NCC(C)C. The van der Waals surface area contributed by atoms with Crippen LogP contribution in [0.3, 0.4) is 0 Å². The predicted octanol–water partition coefficient (Wildman–Crippen LogP) is 0.391. The summed E-state index contributed by atoms with van der Waals surface area (Å²) in [5, 5.41) is 6.11. The fraction of sp³-hybridized carbons (Fsp3) is 0.692. The summed E-state index contributed by atoms with van der Waals surface area (Å²) in [7, 11) is 1.67. The highest BCUT2D eigenvalue weighted by molar-refractivity contribution is 5.75. The van der Waals surface area contributed by atoms with Crippen LogP contribution < -0.4 is 10.6 Å². The van der Waals surface area contributed by atoms with Gasteiger partial charge in [-0.15, -0.1) is 0 Å². The van der Waals surface area contributed by atoms with Crippen LogP contribution in [0.1, 0.15) is 19.7 Å². The second-order valence-corrected chi connectivity index (χ2v) is 4.84. The molecule has 1 aromatic heterocycles. The third-order valence-corrected chi connectivity index (χ3v) is 2.59. The summed E-state index contributed by atoms with van der Waals surface area (Å²) in [6.07, 6.45) is 3.53. The topological polar surface area (TPSA) is 68.2 Å². The van der Waals surface area contributed by atoms with Gasteiger partial charge in [0.1, 0.15) is 12.4 Å². The van der Waals surface area contributed by atoms with Gasteiger partial charge in [-0.3, -0.25) is 4.79 Å². The molecule has 6 heteroatoms. The van der Waals surface area contributed by atoms with Gasteiger partial charge in [-0.1, -0.05) is 13.8 Å². The number of imidazole rings is 1. The van der Waals surface area contributed by atoms with Crippen LogP contribution in [0.2, 0.25) is 0 Å². The smallest absolute Gasteiger partial charge is 0.239 e. The Morgan fingerprint density at radius 2 is 2.32 bits per heavy atom. The number of rotatable bonds is 9. The van der Waals surface area contributed by atoms with Crippen molar-refractivity contribution in [3.8, 4) is 0 Å². The largest absolute Gasteiger partial charge is 0.383 e. The molecular formula is C13H24N4O2. The molecule has 0 aromatic carbocycles. The summed E-state index contributed by atoms with van der Waals surface area (Å²) in [5.41, 5.74) is 0. The highest BCUT2D eigenvalue weighted by atomic mass is 16.5. The summed E-state index contributed by atoms with van der Waals surface area (Å²) >= 11 is 0. The third kappa shape index (κ3) is 6.35. The Morgan fingerprint density at radius 1 is 1.53 bits per heavy atom. The first-order chi connectivity index (χ1) is 9.13. The van der Waals surface area contributed by atoms with Gasteiger partial charge in [0.15, 0.2) is 0 Å². The van der Waals surface area contributed by atoms with Crippen molar-refractivity contribution in [1.29, 1.82) is 0 Å². The monoisotopic (exact) mass is 268 g/mol. The molecule has 0 saturated heterocycles. The van der Waals surface area contributed by atoms with Crippen LogP contribution in [0.25, 0.3) is 0 Å². The molecule has 1 heterocycles. The van der Waals surface area contributed by atoms with Gasteiger partial charge in [-0.05, 0) is 5.92 Å². The molecule has 0 radical (unpaired) electrons. The van der Waals surface area contributed by atoms with E-state index in [0.717, 1.165) is 12.4 Å². The summed E-state index contributed by atoms with van der Waals surface area (Å²) in [6.45, 7) is 7.22. The van der Waals surface area contributed by atoms with E-state index in [4.69, 9.17) is 4.74 Å². The Morgan fingerprint density at radius 3 is 3.00 bits per heavy atom. The van der Waals surface area contributed by atoms with E-state index in [0.29, 0.717) is 32.2 Å². The molecule has 0 unspecified atom stereocenters. The van der Waals surface area contributed by atoms with Crippen molar-refractivity contribution >= 4 is 5.91 Å². The summed E-state index contributed by atoms with van der Waals surface area (Å²) < 4.78 is 6.81. The number of hydrogen-bond donors (Lipinski definition) is 2. The van der Waals surface area contributed by atoms with Crippen LogP contribution in [0.4, 0.5) is 0 Å². The number of nitrogens with zero attached hydrogens (tertiary/aromatic N) is 2. The lowest BCUT2D eigenvalue weighted by Gasteiger charge is -2.10. The Bertz CT molecular complexity index is 376. The molecule has 0 aliphatic carbocycles. The van der Waals surface area contributed by atoms with Gasteiger partial charge in [-0.25, -0.2) is 4.98 Å². The summed E-state index contributed by atoms with van der Waals surface area (Å²) in [6, 6.07) is 0. The average Bonchev–Trinajstić information content (AvgIpc) is 2.79. The normalized spacial score (nSPS) is 10.9. The lowest BCUT2D eigenvalue weighted by atomic mass is 10.2. The molecule has 0 spiro atoms. The fourth-order valence-corrected chi connectivity index (χ4v) is 1.55. The molecule has 0 atom stereocenters. The zero-order valence-corrected chi connectivity index (χ0v) is 12.0. The van der Waals surface area contributed by atoms with E-state index < -0.39 is 0 Å². The van der Waals surface area contributed by atoms with E-state index in [1.807, 2.05) is 10.8 Å². The number of methoxy groups -OCH3 is 1. The zero-order chi connectivity index (χ0) is 14.1. The number of aromatic nitrogens is 2. The second-order valence-electron chi connectivity index (χ2n) is 4.84. The molecule has 0 bridgehead atoms. The van der Waals surface area contributed by atoms with Gasteiger partial charge >= 0.3 is 0 Å². The number of ether oxygens (including phenoxy) is 1. The number of carbonyl (C=O) groups is 1. The van der Waals surface area contributed by atoms with Crippen molar-refractivity contribution in [2.45, 2.75) is 26.9 Å². The molecule has 0 aliphatic rings. The van der Waals surface area contributed by atoms with Gasteiger partial charge < -0.3 is 19.9 Å².